The summed E-state index contributed by atoms with van der Waals surface area (Å²) < 4.78 is 39.5. The Morgan fingerprint density at radius 3 is 2.79 bits per heavy atom. The summed E-state index contributed by atoms with van der Waals surface area (Å²) in [6, 6.07) is 0. The Bertz CT molecular complexity index is 376. The molecule has 1 aromatic rings. The van der Waals surface area contributed by atoms with Gasteiger partial charge in [-0.05, 0) is 22.6 Å². The highest BCUT2D eigenvalue weighted by Crippen LogP contribution is 2.18. The number of rotatable bonds is 2. The summed E-state index contributed by atoms with van der Waals surface area (Å²) >= 11 is 1.56. The summed E-state index contributed by atoms with van der Waals surface area (Å²) in [5, 5.41) is 0. The molecule has 0 aromatic carbocycles. The average Bonchev–Trinajstić information content (AvgIpc) is 2.06. The molecule has 0 saturated carbocycles. The van der Waals surface area contributed by atoms with Crippen LogP contribution in [-0.4, -0.2) is 22.8 Å². The zero-order chi connectivity index (χ0) is 10.8. The first-order valence-corrected chi connectivity index (χ1v) is 4.41. The smallest absolute Gasteiger partial charge is 0.422 e. The van der Waals surface area contributed by atoms with Crippen molar-refractivity contribution in [2.75, 3.05) is 6.61 Å². The highest BCUT2D eigenvalue weighted by atomic mass is 127. The fraction of sp³-hybridized carbons (Fsp3) is 0.333. The van der Waals surface area contributed by atoms with Crippen LogP contribution in [0, 0.1) is 3.57 Å². The average molecular weight is 320 g/mol. The normalized spacial score (nSPS) is 11.4. The Balaban J connectivity index is 2.78. The lowest BCUT2D eigenvalue weighted by molar-refractivity contribution is -0.154. The van der Waals surface area contributed by atoms with Crippen molar-refractivity contribution in [3.05, 3.63) is 20.3 Å². The largest absolute Gasteiger partial charge is 0.467 e. The van der Waals surface area contributed by atoms with Gasteiger partial charge in [-0.25, -0.2) is 4.98 Å². The maximum Gasteiger partial charge on any atom is 0.422 e. The van der Waals surface area contributed by atoms with E-state index in [2.05, 4.69) is 14.7 Å². The third-order valence-corrected chi connectivity index (χ3v) is 2.09. The number of hydrogen-bond donors (Lipinski definition) is 1. The van der Waals surface area contributed by atoms with E-state index in [1.54, 1.807) is 22.6 Å². The SMILES string of the molecule is O=c1[nH]cnc(OCC(F)(F)F)c1I. The molecule has 0 atom stereocenters. The quantitative estimate of drug-likeness (QED) is 0.836. The molecule has 0 bridgehead atoms. The van der Waals surface area contributed by atoms with Crippen molar-refractivity contribution in [2.24, 2.45) is 0 Å². The molecule has 1 heterocycles. The van der Waals surface area contributed by atoms with Crippen molar-refractivity contribution in [3.8, 4) is 5.88 Å². The predicted molar refractivity (Wildman–Crippen MR) is 49.1 cm³/mol. The molecule has 1 aromatic heterocycles. The Hall–Kier alpha value is -0.800. The van der Waals surface area contributed by atoms with Crippen LogP contribution in [0.3, 0.4) is 0 Å². The minimum Gasteiger partial charge on any atom is -0.467 e. The van der Waals surface area contributed by atoms with Gasteiger partial charge in [0.2, 0.25) is 5.88 Å². The molecule has 0 unspecified atom stereocenters. The van der Waals surface area contributed by atoms with E-state index in [-0.39, 0.29) is 9.45 Å². The van der Waals surface area contributed by atoms with E-state index in [9.17, 15) is 18.0 Å². The number of nitrogens with one attached hydrogen (secondary N) is 1. The minimum absolute atomic E-state index is 0.00523. The summed E-state index contributed by atoms with van der Waals surface area (Å²) in [7, 11) is 0. The van der Waals surface area contributed by atoms with Gasteiger partial charge in [0.05, 0.1) is 6.33 Å². The molecule has 0 radical (unpaired) electrons. The zero-order valence-corrected chi connectivity index (χ0v) is 8.72. The summed E-state index contributed by atoms with van der Waals surface area (Å²) in [6.07, 6.45) is -3.45. The topological polar surface area (TPSA) is 55.0 Å². The lowest BCUT2D eigenvalue weighted by Gasteiger charge is -2.08. The number of hydrogen-bond acceptors (Lipinski definition) is 3. The summed E-state index contributed by atoms with van der Waals surface area (Å²) in [5.41, 5.74) is -0.530. The third-order valence-electron chi connectivity index (χ3n) is 1.14. The van der Waals surface area contributed by atoms with Crippen LogP contribution >= 0.6 is 22.6 Å². The second-order valence-electron chi connectivity index (χ2n) is 2.25. The van der Waals surface area contributed by atoms with Crippen LogP contribution < -0.4 is 10.3 Å². The Morgan fingerprint density at radius 2 is 2.21 bits per heavy atom. The number of aromatic nitrogens is 2. The standard InChI is InChI=1S/C6H4F3IN2O2/c7-6(8,9)1-14-5-3(10)4(13)11-2-12-5/h2H,1H2,(H,11,12,13). The Labute approximate surface area is 89.6 Å². The first kappa shape index (κ1) is 11.3. The second-order valence-corrected chi connectivity index (χ2v) is 3.33. The molecule has 0 spiro atoms. The van der Waals surface area contributed by atoms with Crippen molar-refractivity contribution in [3.63, 3.8) is 0 Å². The van der Waals surface area contributed by atoms with Crippen molar-refractivity contribution < 1.29 is 17.9 Å². The van der Waals surface area contributed by atoms with Crippen molar-refractivity contribution >= 4 is 22.6 Å². The Morgan fingerprint density at radius 1 is 1.57 bits per heavy atom. The molecule has 0 saturated heterocycles. The van der Waals surface area contributed by atoms with Gasteiger partial charge in [0, 0.05) is 0 Å². The van der Waals surface area contributed by atoms with Gasteiger partial charge < -0.3 is 9.72 Å². The van der Waals surface area contributed by atoms with E-state index >= 15 is 0 Å². The van der Waals surface area contributed by atoms with Crippen LogP contribution in [0.5, 0.6) is 5.88 Å². The lowest BCUT2D eigenvalue weighted by atomic mass is 10.6. The molecule has 1 rings (SSSR count). The van der Waals surface area contributed by atoms with Gasteiger partial charge >= 0.3 is 6.18 Å². The van der Waals surface area contributed by atoms with Crippen LogP contribution in [0.25, 0.3) is 0 Å². The number of nitrogens with zero attached hydrogens (tertiary/aromatic N) is 1. The molecule has 0 aliphatic carbocycles. The van der Waals surface area contributed by atoms with Gasteiger partial charge in [-0.1, -0.05) is 0 Å². The van der Waals surface area contributed by atoms with E-state index < -0.39 is 18.3 Å². The number of aromatic amines is 1. The molecule has 14 heavy (non-hydrogen) atoms. The van der Waals surface area contributed by atoms with Crippen LogP contribution in [0.4, 0.5) is 13.2 Å². The molecule has 78 valence electrons. The van der Waals surface area contributed by atoms with Crippen molar-refractivity contribution in [2.45, 2.75) is 6.18 Å². The monoisotopic (exact) mass is 320 g/mol. The number of ether oxygens (including phenoxy) is 1. The summed E-state index contributed by atoms with van der Waals surface area (Å²) in [5.74, 6) is -0.313. The van der Waals surface area contributed by atoms with Crippen molar-refractivity contribution in [1.82, 2.24) is 9.97 Å². The highest BCUT2D eigenvalue weighted by molar-refractivity contribution is 14.1. The predicted octanol–water partition coefficient (Wildman–Crippen LogP) is 1.32. The van der Waals surface area contributed by atoms with E-state index in [4.69, 9.17) is 0 Å². The van der Waals surface area contributed by atoms with E-state index in [0.717, 1.165) is 6.33 Å². The second kappa shape index (κ2) is 4.15. The van der Waals surface area contributed by atoms with Crippen LogP contribution in [0.2, 0.25) is 0 Å². The molecule has 8 heteroatoms. The molecule has 0 amide bonds. The number of H-pyrrole nitrogens is 1. The van der Waals surface area contributed by atoms with Gasteiger partial charge in [0.25, 0.3) is 5.56 Å². The van der Waals surface area contributed by atoms with Crippen LogP contribution in [-0.2, 0) is 0 Å². The van der Waals surface area contributed by atoms with Gasteiger partial charge in [0.15, 0.2) is 6.61 Å². The molecular formula is C6H4F3IN2O2. The molecule has 0 aliphatic heterocycles. The third kappa shape index (κ3) is 3.16. The van der Waals surface area contributed by atoms with Crippen LogP contribution in [0.1, 0.15) is 0 Å². The fourth-order valence-electron chi connectivity index (χ4n) is 0.618. The maximum atomic E-state index is 11.7. The number of halogens is 4. The minimum atomic E-state index is -4.44. The van der Waals surface area contributed by atoms with E-state index in [0.29, 0.717) is 0 Å². The zero-order valence-electron chi connectivity index (χ0n) is 6.56. The van der Waals surface area contributed by atoms with E-state index in [1.165, 1.54) is 0 Å². The van der Waals surface area contributed by atoms with Crippen LogP contribution in [0.15, 0.2) is 11.1 Å². The van der Waals surface area contributed by atoms with Gasteiger partial charge in [-0.3, -0.25) is 4.79 Å². The van der Waals surface area contributed by atoms with Gasteiger partial charge in [0.1, 0.15) is 3.57 Å². The maximum absolute atomic E-state index is 11.7. The summed E-state index contributed by atoms with van der Waals surface area (Å²) in [4.78, 5) is 16.6. The summed E-state index contributed by atoms with van der Waals surface area (Å²) in [6.45, 7) is -1.46. The Kier molecular flexibility index (Phi) is 3.34. The first-order chi connectivity index (χ1) is 6.40. The molecule has 1 N–H and O–H groups in total. The molecule has 0 aliphatic rings. The lowest BCUT2D eigenvalue weighted by Crippen LogP contribution is -2.22. The first-order valence-electron chi connectivity index (χ1n) is 3.33. The van der Waals surface area contributed by atoms with Crippen molar-refractivity contribution in [1.29, 1.82) is 0 Å². The molecule has 0 fully saturated rings. The van der Waals surface area contributed by atoms with E-state index in [1.807, 2.05) is 0 Å². The number of alkyl halides is 3. The molecular weight excluding hydrogens is 316 g/mol. The fourth-order valence-corrected chi connectivity index (χ4v) is 1.07. The molecule has 4 nitrogen and oxygen atoms in total. The highest BCUT2D eigenvalue weighted by Gasteiger charge is 2.29. The van der Waals surface area contributed by atoms with Gasteiger partial charge in [-0.2, -0.15) is 13.2 Å². The van der Waals surface area contributed by atoms with Gasteiger partial charge in [-0.15, -0.1) is 0 Å².